The number of rotatable bonds is 7. The number of ketones is 1. The van der Waals surface area contributed by atoms with Crippen LogP contribution in [0.4, 0.5) is 0 Å². The molecule has 3 heterocycles. The fourth-order valence-electron chi connectivity index (χ4n) is 9.57. The van der Waals surface area contributed by atoms with Crippen LogP contribution < -0.4 is 0 Å². The molecule has 15 atom stereocenters. The first kappa shape index (κ1) is 47.2. The van der Waals surface area contributed by atoms with E-state index >= 15 is 0 Å². The standard InChI is InChI=1S/C44H71NO12/c1-10-13-31-19-25(2)18-26(3)20-37(54-8)40-38(55-9)22-28(5)44(52,57-40)41(49)42(50)45-17-12-11-14-32(45)43(51)56-39(29(6)34(47)24-35(31)48)27(4)21-30-15-16-33(46)36(23-30)53-7/h10,19,21,26,28-34,36-41,46-47,49,52H,1,11-18,20,22-24H2,2-9H3/b25-19+,27-21+/t26-,28+,29+,30-,31+,32-,33+,34-,36+,37-,38-,39+,40+,41-,44+/m0/s1. The molecule has 1 saturated carbocycles. The number of amides is 1. The Hall–Kier alpha value is -2.49. The molecule has 13 heteroatoms. The smallest absolute Gasteiger partial charge is 0.329 e. The average Bonchev–Trinajstić information content (AvgIpc) is 3.18. The van der Waals surface area contributed by atoms with Gasteiger partial charge in [-0.1, -0.05) is 44.6 Å². The molecule has 3 fully saturated rings. The van der Waals surface area contributed by atoms with Gasteiger partial charge >= 0.3 is 5.97 Å². The Kier molecular flexibility index (Phi) is 17.5. The summed E-state index contributed by atoms with van der Waals surface area (Å²) in [4.78, 5) is 43.8. The molecule has 0 aromatic rings. The van der Waals surface area contributed by atoms with Crippen LogP contribution >= 0.6 is 0 Å². The summed E-state index contributed by atoms with van der Waals surface area (Å²) in [6.07, 6.45) is 3.39. The van der Waals surface area contributed by atoms with Gasteiger partial charge in [-0.25, -0.2) is 4.79 Å². The summed E-state index contributed by atoms with van der Waals surface area (Å²) in [5.41, 5.74) is 1.64. The lowest BCUT2D eigenvalue weighted by Crippen LogP contribution is -2.66. The number of carbonyl (C=O) groups excluding carboxylic acids is 3. The van der Waals surface area contributed by atoms with Gasteiger partial charge in [0, 0.05) is 52.0 Å². The van der Waals surface area contributed by atoms with Crippen molar-refractivity contribution in [1.82, 2.24) is 4.90 Å². The molecular weight excluding hydrogens is 734 g/mol. The SMILES string of the molecule is C=CC[C@@H]1/C=C(\C)C[C@H](C)C[C@H](OC)[C@H]2O[C@](O)([C@H](C)C[C@@H]2OC)[C@@H](O)C(=O)N2CCCC[C@H]2C(=O)O[C@H](/C(C)=C/[C@@H]2CC[C@@H](O)[C@H](OC)C2)[C@H](C)[C@@H](O)CC1=O. The molecule has 3 aliphatic heterocycles. The number of aliphatic hydroxyl groups excluding tert-OH is 3. The third-order valence-electron chi connectivity index (χ3n) is 13.0. The molecule has 13 nitrogen and oxygen atoms in total. The monoisotopic (exact) mass is 805 g/mol. The number of methoxy groups -OCH3 is 3. The average molecular weight is 806 g/mol. The van der Waals surface area contributed by atoms with Gasteiger partial charge in [0.25, 0.3) is 5.91 Å². The third-order valence-corrected chi connectivity index (χ3v) is 13.0. The lowest BCUT2D eigenvalue weighted by Gasteiger charge is -2.49. The molecule has 2 saturated heterocycles. The second kappa shape index (κ2) is 21.2. The number of hydrogen-bond donors (Lipinski definition) is 4. The fraction of sp³-hybridized carbons (Fsp3) is 0.795. The Morgan fingerprint density at radius 2 is 1.60 bits per heavy atom. The van der Waals surface area contributed by atoms with E-state index in [1.54, 1.807) is 41.3 Å². The normalized spacial score (nSPS) is 42.2. The summed E-state index contributed by atoms with van der Waals surface area (Å²) in [6, 6.07) is -1.08. The van der Waals surface area contributed by atoms with Crippen molar-refractivity contribution in [2.24, 2.45) is 29.6 Å². The van der Waals surface area contributed by atoms with E-state index in [1.807, 2.05) is 26.0 Å². The number of allylic oxidation sites excluding steroid dienone is 4. The number of esters is 1. The molecule has 0 radical (unpaired) electrons. The summed E-state index contributed by atoms with van der Waals surface area (Å²) >= 11 is 0. The van der Waals surface area contributed by atoms with Crippen LogP contribution in [0.5, 0.6) is 0 Å². The second-order valence-electron chi connectivity index (χ2n) is 17.4. The Morgan fingerprint density at radius 3 is 2.25 bits per heavy atom. The fourth-order valence-corrected chi connectivity index (χ4v) is 9.57. The number of fused-ring (bicyclic) bond motifs is 3. The van der Waals surface area contributed by atoms with Gasteiger partial charge in [-0.3, -0.25) is 9.59 Å². The lowest BCUT2D eigenvalue weighted by atomic mass is 9.81. The Balaban J connectivity index is 1.77. The van der Waals surface area contributed by atoms with Crippen molar-refractivity contribution in [3.8, 4) is 0 Å². The summed E-state index contributed by atoms with van der Waals surface area (Å²) in [7, 11) is 4.66. The summed E-state index contributed by atoms with van der Waals surface area (Å²) in [5.74, 6) is -5.99. The quantitative estimate of drug-likeness (QED) is 0.210. The van der Waals surface area contributed by atoms with Gasteiger partial charge in [0.15, 0.2) is 6.10 Å². The first-order valence-electron chi connectivity index (χ1n) is 21.0. The first-order valence-corrected chi connectivity index (χ1v) is 21.0. The molecule has 0 unspecified atom stereocenters. The van der Waals surface area contributed by atoms with Crippen LogP contribution in [0.1, 0.15) is 105 Å². The third kappa shape index (κ3) is 11.4. The number of aliphatic hydroxyl groups is 4. The van der Waals surface area contributed by atoms with Crippen LogP contribution in [-0.4, -0.2) is 132 Å². The molecular formula is C44H71NO12. The van der Waals surface area contributed by atoms with Crippen molar-refractivity contribution in [2.45, 2.75) is 166 Å². The number of piperidine rings is 1. The Morgan fingerprint density at radius 1 is 0.930 bits per heavy atom. The molecule has 0 aromatic heterocycles. The van der Waals surface area contributed by atoms with Crippen molar-refractivity contribution >= 4 is 17.7 Å². The maximum Gasteiger partial charge on any atom is 0.329 e. The minimum atomic E-state index is -2.32. The topological polar surface area (TPSA) is 182 Å². The number of ether oxygens (including phenoxy) is 5. The number of carbonyl (C=O) groups is 3. The summed E-state index contributed by atoms with van der Waals surface area (Å²) in [6.45, 7) is 13.3. The highest BCUT2D eigenvalue weighted by atomic mass is 16.7. The number of cyclic esters (lactones) is 1. The molecule has 57 heavy (non-hydrogen) atoms. The van der Waals surface area contributed by atoms with E-state index in [0.717, 1.165) is 5.57 Å². The van der Waals surface area contributed by atoms with Gasteiger partial charge in [-0.2, -0.15) is 0 Å². The van der Waals surface area contributed by atoms with Crippen LogP contribution in [0.15, 0.2) is 36.0 Å². The van der Waals surface area contributed by atoms with Crippen molar-refractivity contribution in [1.29, 1.82) is 0 Å². The van der Waals surface area contributed by atoms with Gasteiger partial charge in [-0.15, -0.1) is 6.58 Å². The zero-order valence-corrected chi connectivity index (χ0v) is 35.5. The van der Waals surface area contributed by atoms with Crippen LogP contribution in [-0.2, 0) is 38.1 Å². The number of nitrogens with zero attached hydrogens (tertiary/aromatic N) is 1. The minimum absolute atomic E-state index is 0.000937. The van der Waals surface area contributed by atoms with Crippen LogP contribution in [0.2, 0.25) is 0 Å². The van der Waals surface area contributed by atoms with E-state index in [1.165, 1.54) is 4.90 Å². The molecule has 4 rings (SSSR count). The zero-order chi connectivity index (χ0) is 42.2. The van der Waals surface area contributed by atoms with Crippen molar-refractivity contribution < 1.29 is 58.5 Å². The van der Waals surface area contributed by atoms with E-state index < -0.39 is 84.2 Å². The van der Waals surface area contributed by atoms with Gasteiger partial charge in [-0.05, 0) is 95.5 Å². The van der Waals surface area contributed by atoms with Gasteiger partial charge in [0.2, 0.25) is 5.79 Å². The molecule has 4 N–H and O–H groups in total. The van der Waals surface area contributed by atoms with E-state index in [4.69, 9.17) is 23.7 Å². The Bertz CT molecular complexity index is 1430. The molecule has 0 spiro atoms. The van der Waals surface area contributed by atoms with Gasteiger partial charge < -0.3 is 49.0 Å². The zero-order valence-electron chi connectivity index (χ0n) is 35.5. The molecule has 4 aliphatic rings. The predicted octanol–water partition coefficient (Wildman–Crippen LogP) is 4.43. The van der Waals surface area contributed by atoms with Crippen LogP contribution in [0, 0.1) is 29.6 Å². The van der Waals surface area contributed by atoms with Crippen molar-refractivity contribution in [3.63, 3.8) is 0 Å². The van der Waals surface area contributed by atoms with E-state index in [2.05, 4.69) is 13.5 Å². The van der Waals surface area contributed by atoms with E-state index in [0.29, 0.717) is 56.9 Å². The lowest BCUT2D eigenvalue weighted by molar-refractivity contribution is -0.346. The molecule has 1 amide bonds. The summed E-state index contributed by atoms with van der Waals surface area (Å²) in [5, 5.41) is 46.0. The van der Waals surface area contributed by atoms with E-state index in [9.17, 15) is 34.8 Å². The molecule has 324 valence electrons. The van der Waals surface area contributed by atoms with Gasteiger partial charge in [0.1, 0.15) is 24.0 Å². The maximum absolute atomic E-state index is 14.3. The number of hydrogen-bond acceptors (Lipinski definition) is 12. The Labute approximate surface area is 339 Å². The highest BCUT2D eigenvalue weighted by molar-refractivity contribution is 5.88. The number of Topliss-reactive ketones (excluding diaryl/α,β-unsaturated/α-hetero) is 1. The highest BCUT2D eigenvalue weighted by Crippen LogP contribution is 2.40. The van der Waals surface area contributed by atoms with Gasteiger partial charge in [0.05, 0.1) is 30.5 Å². The molecule has 1 aliphatic carbocycles. The molecule has 2 bridgehead atoms. The highest BCUT2D eigenvalue weighted by Gasteiger charge is 2.56. The van der Waals surface area contributed by atoms with Crippen molar-refractivity contribution in [3.05, 3.63) is 36.0 Å². The minimum Gasteiger partial charge on any atom is -0.456 e. The maximum atomic E-state index is 14.3. The molecule has 0 aromatic carbocycles. The van der Waals surface area contributed by atoms with Crippen LogP contribution in [0.3, 0.4) is 0 Å². The van der Waals surface area contributed by atoms with E-state index in [-0.39, 0.29) is 49.5 Å². The largest absolute Gasteiger partial charge is 0.456 e. The first-order chi connectivity index (χ1) is 27.0. The predicted molar refractivity (Wildman–Crippen MR) is 214 cm³/mol. The van der Waals surface area contributed by atoms with Crippen molar-refractivity contribution in [2.75, 3.05) is 27.9 Å². The van der Waals surface area contributed by atoms with Crippen LogP contribution in [0.25, 0.3) is 0 Å². The summed E-state index contributed by atoms with van der Waals surface area (Å²) < 4.78 is 29.9. The second-order valence-corrected chi connectivity index (χ2v) is 17.4.